The zero-order valence-corrected chi connectivity index (χ0v) is 16.1. The second kappa shape index (κ2) is 15.9. The molecule has 0 aliphatic rings. The van der Waals surface area contributed by atoms with Gasteiger partial charge in [0.1, 0.15) is 6.61 Å². The second-order valence-electron chi connectivity index (χ2n) is 6.78. The lowest BCUT2D eigenvalue weighted by Gasteiger charge is -2.03. The zero-order valence-electron chi connectivity index (χ0n) is 16.1. The molecule has 0 unspecified atom stereocenters. The summed E-state index contributed by atoms with van der Waals surface area (Å²) >= 11 is 0. The van der Waals surface area contributed by atoms with Crippen LogP contribution in [0.3, 0.4) is 0 Å². The van der Waals surface area contributed by atoms with Crippen LogP contribution in [0.2, 0.25) is 0 Å². The first kappa shape index (κ1) is 21.5. The summed E-state index contributed by atoms with van der Waals surface area (Å²) in [6, 6.07) is 10.0. The van der Waals surface area contributed by atoms with Gasteiger partial charge < -0.3 is 4.74 Å². The van der Waals surface area contributed by atoms with E-state index in [4.69, 9.17) is 4.74 Å². The third-order valence-corrected chi connectivity index (χ3v) is 4.43. The van der Waals surface area contributed by atoms with Gasteiger partial charge in [-0.3, -0.25) is 4.79 Å². The molecule has 0 aliphatic heterocycles. The highest BCUT2D eigenvalue weighted by molar-refractivity contribution is 5.69. The third kappa shape index (κ3) is 13.4. The van der Waals surface area contributed by atoms with Gasteiger partial charge in [-0.15, -0.1) is 0 Å². The number of carbonyl (C=O) groups excluding carboxylic acids is 1. The second-order valence-corrected chi connectivity index (χ2v) is 6.78. The van der Waals surface area contributed by atoms with Crippen molar-refractivity contribution < 1.29 is 9.53 Å². The van der Waals surface area contributed by atoms with Crippen molar-refractivity contribution >= 4 is 12.0 Å². The van der Waals surface area contributed by atoms with Crippen LogP contribution >= 0.6 is 0 Å². The number of esters is 1. The monoisotopic (exact) mass is 344 g/mol. The zero-order chi connectivity index (χ0) is 18.0. The molecule has 0 amide bonds. The smallest absolute Gasteiger partial charge is 0.306 e. The van der Waals surface area contributed by atoms with Gasteiger partial charge in [-0.1, -0.05) is 108 Å². The van der Waals surface area contributed by atoms with E-state index in [2.05, 4.69) is 6.92 Å². The Morgan fingerprint density at radius 3 is 2.00 bits per heavy atom. The van der Waals surface area contributed by atoms with Crippen molar-refractivity contribution in [3.05, 3.63) is 42.0 Å². The highest BCUT2D eigenvalue weighted by Gasteiger charge is 2.01. The molecule has 140 valence electrons. The van der Waals surface area contributed by atoms with Crippen LogP contribution in [0.4, 0.5) is 0 Å². The minimum absolute atomic E-state index is 0.0753. The predicted octanol–water partition coefficient (Wildman–Crippen LogP) is 6.94. The van der Waals surface area contributed by atoms with E-state index in [1.807, 2.05) is 42.5 Å². The van der Waals surface area contributed by atoms with Crippen molar-refractivity contribution in [2.75, 3.05) is 6.61 Å². The predicted molar refractivity (Wildman–Crippen MR) is 108 cm³/mol. The van der Waals surface area contributed by atoms with Crippen molar-refractivity contribution in [2.24, 2.45) is 0 Å². The van der Waals surface area contributed by atoms with Crippen molar-refractivity contribution in [3.63, 3.8) is 0 Å². The van der Waals surface area contributed by atoms with Crippen LogP contribution in [0.15, 0.2) is 36.4 Å². The van der Waals surface area contributed by atoms with Gasteiger partial charge in [0, 0.05) is 6.42 Å². The number of rotatable bonds is 15. The van der Waals surface area contributed by atoms with E-state index < -0.39 is 0 Å². The van der Waals surface area contributed by atoms with Crippen LogP contribution in [0, 0.1) is 0 Å². The van der Waals surface area contributed by atoms with Crippen LogP contribution < -0.4 is 0 Å². The molecule has 25 heavy (non-hydrogen) atoms. The van der Waals surface area contributed by atoms with Gasteiger partial charge in [0.05, 0.1) is 0 Å². The first-order valence-electron chi connectivity index (χ1n) is 10.2. The molecule has 0 aliphatic carbocycles. The maximum absolute atomic E-state index is 11.7. The first-order chi connectivity index (χ1) is 12.3. The Labute approximate surface area is 154 Å². The summed E-state index contributed by atoms with van der Waals surface area (Å²) in [6.45, 7) is 2.63. The van der Waals surface area contributed by atoms with E-state index in [1.165, 1.54) is 57.8 Å². The van der Waals surface area contributed by atoms with Crippen molar-refractivity contribution in [1.29, 1.82) is 0 Å². The van der Waals surface area contributed by atoms with E-state index in [1.54, 1.807) is 0 Å². The Hall–Kier alpha value is -1.57. The molecule has 0 saturated carbocycles. The summed E-state index contributed by atoms with van der Waals surface area (Å²) in [5.74, 6) is -0.0753. The molecule has 2 nitrogen and oxygen atoms in total. The molecule has 0 radical (unpaired) electrons. The fourth-order valence-corrected chi connectivity index (χ4v) is 2.90. The molecule has 0 heterocycles. The average molecular weight is 345 g/mol. The van der Waals surface area contributed by atoms with E-state index in [0.29, 0.717) is 13.0 Å². The van der Waals surface area contributed by atoms with E-state index in [-0.39, 0.29) is 5.97 Å². The minimum Gasteiger partial charge on any atom is -0.461 e. The maximum atomic E-state index is 11.7. The van der Waals surface area contributed by atoms with Crippen LogP contribution in [0.5, 0.6) is 0 Å². The Morgan fingerprint density at radius 1 is 0.840 bits per heavy atom. The first-order valence-corrected chi connectivity index (χ1v) is 10.2. The minimum atomic E-state index is -0.0753. The average Bonchev–Trinajstić information content (AvgIpc) is 2.64. The van der Waals surface area contributed by atoms with Crippen LogP contribution in [0.25, 0.3) is 6.08 Å². The Balaban J connectivity index is 1.86. The summed E-state index contributed by atoms with van der Waals surface area (Å²) < 4.78 is 5.23. The molecule has 0 atom stereocenters. The van der Waals surface area contributed by atoms with Crippen molar-refractivity contribution in [1.82, 2.24) is 0 Å². The van der Waals surface area contributed by atoms with Gasteiger partial charge in [-0.05, 0) is 18.1 Å². The molecule has 1 rings (SSSR count). The Kier molecular flexibility index (Phi) is 13.7. The Morgan fingerprint density at radius 2 is 1.40 bits per heavy atom. The van der Waals surface area contributed by atoms with Gasteiger partial charge >= 0.3 is 5.97 Å². The molecular weight excluding hydrogens is 308 g/mol. The SMILES string of the molecule is CCCCCCCCCCCCCC(=O)OCC=Cc1ccccc1. The van der Waals surface area contributed by atoms with Crippen molar-refractivity contribution in [2.45, 2.75) is 84.0 Å². The molecule has 0 bridgehead atoms. The molecular formula is C23H36O2. The highest BCUT2D eigenvalue weighted by atomic mass is 16.5. The van der Waals surface area contributed by atoms with Gasteiger partial charge in [-0.2, -0.15) is 0 Å². The molecule has 0 aromatic heterocycles. The van der Waals surface area contributed by atoms with E-state index in [0.717, 1.165) is 18.4 Å². The summed E-state index contributed by atoms with van der Waals surface area (Å²) in [5, 5.41) is 0. The molecule has 2 heteroatoms. The third-order valence-electron chi connectivity index (χ3n) is 4.43. The number of hydrogen-bond acceptors (Lipinski definition) is 2. The summed E-state index contributed by atoms with van der Waals surface area (Å²) in [4.78, 5) is 11.7. The molecule has 0 fully saturated rings. The fourth-order valence-electron chi connectivity index (χ4n) is 2.90. The highest BCUT2D eigenvalue weighted by Crippen LogP contribution is 2.12. The van der Waals surface area contributed by atoms with E-state index in [9.17, 15) is 4.79 Å². The van der Waals surface area contributed by atoms with Crippen LogP contribution in [-0.2, 0) is 9.53 Å². The molecule has 1 aromatic rings. The standard InChI is InChI=1S/C23H36O2/c1-2-3-4-5-6-7-8-9-10-11-15-20-23(24)25-21-16-19-22-17-13-12-14-18-22/h12-14,16-19H,2-11,15,20-21H2,1H3. The largest absolute Gasteiger partial charge is 0.461 e. The lowest BCUT2D eigenvalue weighted by molar-refractivity contribution is -0.142. The van der Waals surface area contributed by atoms with E-state index >= 15 is 0 Å². The maximum Gasteiger partial charge on any atom is 0.306 e. The molecule has 0 N–H and O–H groups in total. The quantitative estimate of drug-likeness (QED) is 0.254. The summed E-state index contributed by atoms with van der Waals surface area (Å²) in [5.41, 5.74) is 1.13. The normalized spacial score (nSPS) is 11.1. The van der Waals surface area contributed by atoms with Crippen molar-refractivity contribution in [3.8, 4) is 0 Å². The topological polar surface area (TPSA) is 26.3 Å². The van der Waals surface area contributed by atoms with Crippen LogP contribution in [-0.4, -0.2) is 12.6 Å². The number of carbonyl (C=O) groups is 1. The Bertz CT molecular complexity index is 450. The van der Waals surface area contributed by atoms with Gasteiger partial charge in [0.15, 0.2) is 0 Å². The lowest BCUT2D eigenvalue weighted by Crippen LogP contribution is -2.03. The van der Waals surface area contributed by atoms with Gasteiger partial charge in [-0.25, -0.2) is 0 Å². The summed E-state index contributed by atoms with van der Waals surface area (Å²) in [7, 11) is 0. The number of hydrogen-bond donors (Lipinski definition) is 0. The molecule has 1 aromatic carbocycles. The molecule has 0 spiro atoms. The van der Waals surface area contributed by atoms with Gasteiger partial charge in [0.2, 0.25) is 0 Å². The number of ether oxygens (including phenoxy) is 1. The lowest BCUT2D eigenvalue weighted by atomic mass is 10.1. The van der Waals surface area contributed by atoms with Crippen LogP contribution in [0.1, 0.15) is 89.5 Å². The number of unbranched alkanes of at least 4 members (excludes halogenated alkanes) is 10. The molecule has 0 saturated heterocycles. The fraction of sp³-hybridized carbons (Fsp3) is 0.609. The number of benzene rings is 1. The summed E-state index contributed by atoms with van der Waals surface area (Å²) in [6.07, 6.45) is 18.7. The van der Waals surface area contributed by atoms with Gasteiger partial charge in [0.25, 0.3) is 0 Å².